The Kier molecular flexibility index (Phi) is 6.13. The molecule has 4 unspecified atom stereocenters. The Balaban J connectivity index is 1.39. The molecule has 2 aromatic heterocycles. The normalized spacial score (nSPS) is 30.9. The fourth-order valence-electron chi connectivity index (χ4n) is 7.06. The minimum absolute atomic E-state index is 0.159. The maximum absolute atomic E-state index is 13.9. The molecule has 4 atom stereocenters. The van der Waals surface area contributed by atoms with Crippen LogP contribution in [0.25, 0.3) is 9.75 Å². The molecule has 0 aliphatic heterocycles. The quantitative estimate of drug-likeness (QED) is 0.242. The molecule has 2 aromatic rings. The van der Waals surface area contributed by atoms with Crippen LogP contribution in [0.3, 0.4) is 0 Å². The fraction of sp³-hybridized carbons (Fsp3) is 0.556. The average molecular weight is 480 g/mol. The number of fused-ring (bicyclic) bond motifs is 1. The molecule has 2 bridgehead atoms. The SMILES string of the molecule is CC#Cc1ccc(-c2ccc(C(=O)C3CCC4(CNC(N)=NC)CCC5CCCC53C4)s2)s1. The number of Topliss-reactive ketones (excluding diaryl/α,β-unsaturated/α-hetero) is 1. The predicted molar refractivity (Wildman–Crippen MR) is 139 cm³/mol. The van der Waals surface area contributed by atoms with E-state index in [2.05, 4.69) is 46.4 Å². The average Bonchev–Trinajstić information content (AvgIpc) is 3.57. The molecule has 33 heavy (non-hydrogen) atoms. The van der Waals surface area contributed by atoms with Crippen molar-refractivity contribution < 1.29 is 4.79 Å². The first-order chi connectivity index (χ1) is 16.0. The molecular formula is C27H33N3OS2. The topological polar surface area (TPSA) is 67.5 Å². The summed E-state index contributed by atoms with van der Waals surface area (Å²) in [4.78, 5) is 22.4. The summed E-state index contributed by atoms with van der Waals surface area (Å²) in [5, 5.41) is 3.37. The van der Waals surface area contributed by atoms with Crippen LogP contribution in [0.4, 0.5) is 0 Å². The first-order valence-corrected chi connectivity index (χ1v) is 13.8. The molecule has 3 aliphatic rings. The lowest BCUT2D eigenvalue weighted by atomic mass is 9.47. The molecule has 3 saturated carbocycles. The zero-order valence-corrected chi connectivity index (χ0v) is 21.2. The second kappa shape index (κ2) is 8.92. The van der Waals surface area contributed by atoms with Crippen LogP contribution in [-0.4, -0.2) is 25.3 Å². The van der Waals surface area contributed by atoms with Gasteiger partial charge in [-0.05, 0) is 92.9 Å². The van der Waals surface area contributed by atoms with Crippen molar-refractivity contribution in [2.45, 2.75) is 58.3 Å². The van der Waals surface area contributed by atoms with Gasteiger partial charge in [0.25, 0.3) is 0 Å². The van der Waals surface area contributed by atoms with E-state index in [1.54, 1.807) is 29.7 Å². The van der Waals surface area contributed by atoms with Crippen molar-refractivity contribution in [3.05, 3.63) is 34.0 Å². The molecule has 0 amide bonds. The highest BCUT2D eigenvalue weighted by Gasteiger charge is 2.60. The number of ketones is 1. The Morgan fingerprint density at radius 2 is 1.94 bits per heavy atom. The first kappa shape index (κ1) is 22.7. The summed E-state index contributed by atoms with van der Waals surface area (Å²) in [5.74, 6) is 7.88. The van der Waals surface area contributed by atoms with Gasteiger partial charge in [-0.1, -0.05) is 12.3 Å². The van der Waals surface area contributed by atoms with E-state index in [4.69, 9.17) is 5.73 Å². The van der Waals surface area contributed by atoms with Crippen molar-refractivity contribution >= 4 is 34.4 Å². The summed E-state index contributed by atoms with van der Waals surface area (Å²) in [7, 11) is 1.73. The summed E-state index contributed by atoms with van der Waals surface area (Å²) < 4.78 is 0. The third-order valence-electron chi connectivity index (χ3n) is 8.54. The van der Waals surface area contributed by atoms with Gasteiger partial charge in [0, 0.05) is 29.3 Å². The number of aliphatic imine (C=N–C) groups is 1. The van der Waals surface area contributed by atoms with E-state index in [9.17, 15) is 4.79 Å². The van der Waals surface area contributed by atoms with Gasteiger partial charge in [0.15, 0.2) is 11.7 Å². The van der Waals surface area contributed by atoms with Gasteiger partial charge in [0.1, 0.15) is 0 Å². The third kappa shape index (κ3) is 4.04. The van der Waals surface area contributed by atoms with E-state index in [0.29, 0.717) is 17.7 Å². The number of carbonyl (C=O) groups excluding carboxylic acids is 1. The third-order valence-corrected chi connectivity index (χ3v) is 10.8. The molecule has 3 fully saturated rings. The second-order valence-electron chi connectivity index (χ2n) is 10.2. The lowest BCUT2D eigenvalue weighted by Gasteiger charge is -2.57. The molecule has 174 valence electrons. The number of thiophene rings is 2. The van der Waals surface area contributed by atoms with Gasteiger partial charge in [0.05, 0.1) is 9.75 Å². The number of hydrogen-bond donors (Lipinski definition) is 2. The Labute approximate surface area is 205 Å². The molecule has 0 saturated heterocycles. The second-order valence-corrected chi connectivity index (χ2v) is 12.3. The maximum Gasteiger partial charge on any atom is 0.188 e. The Bertz CT molecular complexity index is 1140. The van der Waals surface area contributed by atoms with Crippen LogP contribution in [-0.2, 0) is 0 Å². The number of nitrogens with zero attached hydrogens (tertiary/aromatic N) is 1. The van der Waals surface area contributed by atoms with Crippen molar-refractivity contribution in [2.75, 3.05) is 13.6 Å². The van der Waals surface area contributed by atoms with Crippen molar-refractivity contribution in [3.8, 4) is 21.6 Å². The molecule has 4 nitrogen and oxygen atoms in total. The molecule has 0 radical (unpaired) electrons. The number of carbonyl (C=O) groups is 1. The molecule has 0 aromatic carbocycles. The standard InChI is InChI=1S/C27H33N3OS2/c1-3-5-19-7-8-21(32-19)22-9-10-23(33-22)24(31)20-12-15-26(17-30-25(28)29-2)14-11-18-6-4-13-27(18,20)16-26/h7-10,18,20H,4,6,11-17H2,1-2H3,(H3,28,29,30). The van der Waals surface area contributed by atoms with E-state index in [0.717, 1.165) is 35.6 Å². The summed E-state index contributed by atoms with van der Waals surface area (Å²) in [6.07, 6.45) is 9.52. The monoisotopic (exact) mass is 479 g/mol. The first-order valence-electron chi connectivity index (χ1n) is 12.1. The molecule has 3 aliphatic carbocycles. The van der Waals surface area contributed by atoms with Crippen molar-refractivity contribution in [3.63, 3.8) is 0 Å². The highest BCUT2D eigenvalue weighted by molar-refractivity contribution is 7.23. The number of rotatable bonds is 5. The summed E-state index contributed by atoms with van der Waals surface area (Å²) in [6.45, 7) is 2.75. The summed E-state index contributed by atoms with van der Waals surface area (Å²) in [5.41, 5.74) is 6.38. The van der Waals surface area contributed by atoms with Crippen molar-refractivity contribution in [1.82, 2.24) is 5.32 Å². The van der Waals surface area contributed by atoms with E-state index < -0.39 is 0 Å². The van der Waals surface area contributed by atoms with Crippen LogP contribution in [0, 0.1) is 34.5 Å². The highest BCUT2D eigenvalue weighted by Crippen LogP contribution is 2.66. The minimum Gasteiger partial charge on any atom is -0.370 e. The van der Waals surface area contributed by atoms with E-state index >= 15 is 0 Å². The number of nitrogens with one attached hydrogen (secondary N) is 1. The molecule has 3 N–H and O–H groups in total. The van der Waals surface area contributed by atoms with Crippen LogP contribution in [0.5, 0.6) is 0 Å². The van der Waals surface area contributed by atoms with Crippen LogP contribution in [0.2, 0.25) is 0 Å². The van der Waals surface area contributed by atoms with E-state index in [-0.39, 0.29) is 16.7 Å². The Hall–Kier alpha value is -2.10. The van der Waals surface area contributed by atoms with Crippen LogP contribution < -0.4 is 11.1 Å². The van der Waals surface area contributed by atoms with Gasteiger partial charge in [-0.15, -0.1) is 28.6 Å². The number of hydrogen-bond acceptors (Lipinski definition) is 4. The van der Waals surface area contributed by atoms with Gasteiger partial charge < -0.3 is 11.1 Å². The molecule has 5 rings (SSSR count). The van der Waals surface area contributed by atoms with Gasteiger partial charge >= 0.3 is 0 Å². The predicted octanol–water partition coefficient (Wildman–Crippen LogP) is 5.93. The van der Waals surface area contributed by atoms with Gasteiger partial charge in [-0.2, -0.15) is 0 Å². The zero-order chi connectivity index (χ0) is 23.1. The van der Waals surface area contributed by atoms with Crippen molar-refractivity contribution in [2.24, 2.45) is 33.4 Å². The van der Waals surface area contributed by atoms with E-state index in [1.807, 2.05) is 6.92 Å². The Morgan fingerprint density at radius 1 is 1.15 bits per heavy atom. The van der Waals surface area contributed by atoms with Crippen LogP contribution >= 0.6 is 22.7 Å². The molecule has 2 heterocycles. The minimum atomic E-state index is 0.159. The summed E-state index contributed by atoms with van der Waals surface area (Å²) in [6, 6.07) is 8.40. The van der Waals surface area contributed by atoms with Crippen molar-refractivity contribution in [1.29, 1.82) is 0 Å². The fourth-order valence-corrected chi connectivity index (χ4v) is 9.06. The van der Waals surface area contributed by atoms with E-state index in [1.165, 1.54) is 41.9 Å². The van der Waals surface area contributed by atoms with Gasteiger partial charge in [0.2, 0.25) is 0 Å². The number of guanidine groups is 1. The Morgan fingerprint density at radius 3 is 2.76 bits per heavy atom. The number of nitrogens with two attached hydrogens (primary N) is 1. The van der Waals surface area contributed by atoms with Gasteiger partial charge in [-0.3, -0.25) is 9.79 Å². The largest absolute Gasteiger partial charge is 0.370 e. The van der Waals surface area contributed by atoms with Gasteiger partial charge in [-0.25, -0.2) is 0 Å². The lowest BCUT2D eigenvalue weighted by molar-refractivity contribution is -0.0600. The maximum atomic E-state index is 13.9. The summed E-state index contributed by atoms with van der Waals surface area (Å²) >= 11 is 3.37. The zero-order valence-electron chi connectivity index (χ0n) is 19.6. The molecular weight excluding hydrogens is 446 g/mol. The van der Waals surface area contributed by atoms with Crippen LogP contribution in [0.1, 0.15) is 72.8 Å². The highest BCUT2D eigenvalue weighted by atomic mass is 32.1. The smallest absolute Gasteiger partial charge is 0.188 e. The molecule has 1 spiro atoms. The van der Waals surface area contributed by atoms with Crippen LogP contribution in [0.15, 0.2) is 29.3 Å². The molecule has 6 heteroatoms. The lowest BCUT2D eigenvalue weighted by Crippen LogP contribution is -2.54.